The van der Waals surface area contributed by atoms with E-state index in [1.54, 1.807) is 12.1 Å². The molecule has 2 aliphatic heterocycles. The van der Waals surface area contributed by atoms with Crippen LogP contribution in [0, 0.1) is 5.82 Å². The Morgan fingerprint density at radius 1 is 1.33 bits per heavy atom. The Hall–Kier alpha value is -1.66. The molecule has 5 nitrogen and oxygen atoms in total. The van der Waals surface area contributed by atoms with Gasteiger partial charge >= 0.3 is 0 Å². The molecule has 0 aliphatic carbocycles. The molecule has 2 aliphatic rings. The molecular weight excluding hydrogens is 309 g/mol. The van der Waals surface area contributed by atoms with Crippen LogP contribution in [0.1, 0.15) is 18.9 Å². The molecule has 6 heteroatoms. The quantitative estimate of drug-likeness (QED) is 0.837. The van der Waals surface area contributed by atoms with Crippen LogP contribution < -0.4 is 4.74 Å². The van der Waals surface area contributed by atoms with Crippen molar-refractivity contribution < 1.29 is 13.9 Å². The van der Waals surface area contributed by atoms with Gasteiger partial charge in [0.2, 0.25) is 5.91 Å². The van der Waals surface area contributed by atoms with Crippen LogP contribution in [0.2, 0.25) is 0 Å². The van der Waals surface area contributed by atoms with E-state index in [0.717, 1.165) is 25.1 Å². The van der Waals surface area contributed by atoms with Gasteiger partial charge in [-0.3, -0.25) is 9.69 Å². The third-order valence-electron chi connectivity index (χ3n) is 5.36. The second-order valence-electron chi connectivity index (χ2n) is 7.07. The zero-order chi connectivity index (χ0) is 17.4. The number of benzene rings is 1. The lowest BCUT2D eigenvalue weighted by molar-refractivity contribution is -0.143. The number of piperazine rings is 1. The summed E-state index contributed by atoms with van der Waals surface area (Å²) >= 11 is 0. The van der Waals surface area contributed by atoms with Gasteiger partial charge in [-0.25, -0.2) is 4.39 Å². The number of hydrogen-bond acceptors (Lipinski definition) is 4. The number of nitrogens with zero attached hydrogens (tertiary/aromatic N) is 3. The van der Waals surface area contributed by atoms with Crippen molar-refractivity contribution in [2.75, 3.05) is 34.3 Å². The number of ether oxygens (including phenoxy) is 1. The Balaban J connectivity index is 1.74. The first-order valence-corrected chi connectivity index (χ1v) is 8.44. The zero-order valence-corrected chi connectivity index (χ0v) is 14.8. The molecule has 2 saturated heterocycles. The van der Waals surface area contributed by atoms with Crippen molar-refractivity contribution in [1.29, 1.82) is 0 Å². The maximum Gasteiger partial charge on any atom is 0.240 e. The van der Waals surface area contributed by atoms with Gasteiger partial charge in [0.25, 0.3) is 0 Å². The Labute approximate surface area is 143 Å². The smallest absolute Gasteiger partial charge is 0.240 e. The number of amides is 1. The fourth-order valence-electron chi connectivity index (χ4n) is 3.77. The van der Waals surface area contributed by atoms with Gasteiger partial charge in [-0.15, -0.1) is 0 Å². The molecule has 0 unspecified atom stereocenters. The Bertz CT molecular complexity index is 622. The van der Waals surface area contributed by atoms with Crippen LogP contribution in [0.5, 0.6) is 5.75 Å². The minimum Gasteiger partial charge on any atom is -0.494 e. The summed E-state index contributed by atoms with van der Waals surface area (Å²) in [5.74, 6) is 0.0862. The van der Waals surface area contributed by atoms with E-state index in [-0.39, 0.29) is 29.6 Å². The van der Waals surface area contributed by atoms with Crippen molar-refractivity contribution >= 4 is 5.91 Å². The molecule has 0 N–H and O–H groups in total. The standard InChI is InChI=1S/C18H26FN3O2/c1-12-18(23)22-11-14(20(2)3)8-15(22)10-21(12)9-13-5-6-16(19)17(7-13)24-4/h5-7,12,14-15H,8-11H2,1-4H3/t12-,14-,15-/m0/s1. The van der Waals surface area contributed by atoms with E-state index in [9.17, 15) is 9.18 Å². The maximum atomic E-state index is 13.6. The number of likely N-dealkylation sites (N-methyl/N-ethyl adjacent to an activating group) is 1. The van der Waals surface area contributed by atoms with Gasteiger partial charge in [-0.2, -0.15) is 0 Å². The minimum atomic E-state index is -0.361. The summed E-state index contributed by atoms with van der Waals surface area (Å²) in [5, 5.41) is 0. The molecule has 0 spiro atoms. The van der Waals surface area contributed by atoms with Crippen LogP contribution in [0.15, 0.2) is 18.2 Å². The first-order valence-electron chi connectivity index (χ1n) is 8.44. The van der Waals surface area contributed by atoms with Crippen molar-refractivity contribution in [2.24, 2.45) is 0 Å². The molecular formula is C18H26FN3O2. The molecule has 0 aromatic heterocycles. The van der Waals surface area contributed by atoms with E-state index in [1.807, 2.05) is 11.8 Å². The van der Waals surface area contributed by atoms with Crippen LogP contribution in [0.25, 0.3) is 0 Å². The molecule has 2 heterocycles. The first-order chi connectivity index (χ1) is 11.4. The van der Waals surface area contributed by atoms with Crippen LogP contribution in [-0.2, 0) is 11.3 Å². The third-order valence-corrected chi connectivity index (χ3v) is 5.36. The van der Waals surface area contributed by atoms with E-state index in [0.29, 0.717) is 12.6 Å². The van der Waals surface area contributed by atoms with E-state index in [2.05, 4.69) is 23.9 Å². The molecule has 3 atom stereocenters. The molecule has 132 valence electrons. The van der Waals surface area contributed by atoms with Crippen LogP contribution >= 0.6 is 0 Å². The number of methoxy groups -OCH3 is 1. The summed E-state index contributed by atoms with van der Waals surface area (Å²) in [4.78, 5) is 19.2. The minimum absolute atomic E-state index is 0.154. The fraction of sp³-hybridized carbons (Fsp3) is 0.611. The maximum absolute atomic E-state index is 13.6. The molecule has 2 fully saturated rings. The summed E-state index contributed by atoms with van der Waals surface area (Å²) in [5.41, 5.74) is 0.962. The molecule has 0 saturated carbocycles. The molecule has 24 heavy (non-hydrogen) atoms. The van der Waals surface area contributed by atoms with Crippen LogP contribution in [0.3, 0.4) is 0 Å². The highest BCUT2D eigenvalue weighted by atomic mass is 19.1. The van der Waals surface area contributed by atoms with Gasteiger partial charge in [0.15, 0.2) is 11.6 Å². The largest absolute Gasteiger partial charge is 0.494 e. The second kappa shape index (κ2) is 6.69. The Morgan fingerprint density at radius 2 is 2.08 bits per heavy atom. The van der Waals surface area contributed by atoms with Gasteiger partial charge in [0.1, 0.15) is 0 Å². The number of carbonyl (C=O) groups is 1. The van der Waals surface area contributed by atoms with Crippen LogP contribution in [-0.4, -0.2) is 73.0 Å². The summed E-state index contributed by atoms with van der Waals surface area (Å²) < 4.78 is 18.6. The predicted octanol–water partition coefficient (Wildman–Crippen LogP) is 1.57. The molecule has 1 aromatic rings. The van der Waals surface area contributed by atoms with Crippen LogP contribution in [0.4, 0.5) is 4.39 Å². The molecule has 0 bridgehead atoms. The van der Waals surface area contributed by atoms with E-state index in [1.165, 1.54) is 13.2 Å². The highest BCUT2D eigenvalue weighted by molar-refractivity contribution is 5.83. The lowest BCUT2D eigenvalue weighted by atomic mass is 10.0. The van der Waals surface area contributed by atoms with Crippen molar-refractivity contribution in [3.05, 3.63) is 29.6 Å². The summed E-state index contributed by atoms with van der Waals surface area (Å²) in [6, 6.07) is 5.45. The number of carbonyl (C=O) groups excluding carboxylic acids is 1. The van der Waals surface area contributed by atoms with Gasteiger partial charge in [-0.05, 0) is 45.1 Å². The third kappa shape index (κ3) is 3.13. The predicted molar refractivity (Wildman–Crippen MR) is 90.4 cm³/mol. The summed E-state index contributed by atoms with van der Waals surface area (Å²) in [7, 11) is 5.60. The SMILES string of the molecule is COc1cc(CN2C[C@@H]3C[C@H](N(C)C)CN3C(=O)[C@@H]2C)ccc1F. The number of fused-ring (bicyclic) bond motifs is 1. The highest BCUT2D eigenvalue weighted by Crippen LogP contribution is 2.29. The zero-order valence-electron chi connectivity index (χ0n) is 14.8. The molecule has 1 aromatic carbocycles. The lowest BCUT2D eigenvalue weighted by Crippen LogP contribution is -2.58. The van der Waals surface area contributed by atoms with Gasteiger partial charge in [-0.1, -0.05) is 6.07 Å². The summed E-state index contributed by atoms with van der Waals surface area (Å²) in [6.45, 7) is 4.26. The van der Waals surface area contributed by atoms with E-state index >= 15 is 0 Å². The van der Waals surface area contributed by atoms with Crippen molar-refractivity contribution in [1.82, 2.24) is 14.7 Å². The monoisotopic (exact) mass is 335 g/mol. The van der Waals surface area contributed by atoms with Crippen molar-refractivity contribution in [2.45, 2.75) is 38.0 Å². The lowest BCUT2D eigenvalue weighted by Gasteiger charge is -2.41. The van der Waals surface area contributed by atoms with Crippen molar-refractivity contribution in [3.63, 3.8) is 0 Å². The van der Waals surface area contributed by atoms with E-state index in [4.69, 9.17) is 4.74 Å². The number of rotatable bonds is 4. The summed E-state index contributed by atoms with van der Waals surface area (Å²) in [6.07, 6.45) is 1.01. The highest BCUT2D eigenvalue weighted by Gasteiger charge is 2.44. The fourth-order valence-corrected chi connectivity index (χ4v) is 3.77. The molecule has 1 amide bonds. The van der Waals surface area contributed by atoms with E-state index < -0.39 is 0 Å². The topological polar surface area (TPSA) is 36.0 Å². The first kappa shape index (κ1) is 17.2. The Kier molecular flexibility index (Phi) is 4.78. The second-order valence-corrected chi connectivity index (χ2v) is 7.07. The van der Waals surface area contributed by atoms with Gasteiger partial charge < -0.3 is 14.5 Å². The number of halogens is 1. The Morgan fingerprint density at radius 3 is 2.75 bits per heavy atom. The average Bonchev–Trinajstić information content (AvgIpc) is 2.98. The average molecular weight is 335 g/mol. The normalized spacial score (nSPS) is 27.7. The van der Waals surface area contributed by atoms with Crippen molar-refractivity contribution in [3.8, 4) is 5.75 Å². The van der Waals surface area contributed by atoms with Gasteiger partial charge in [0, 0.05) is 31.7 Å². The molecule has 3 rings (SSSR count). The molecule has 0 radical (unpaired) electrons. The van der Waals surface area contributed by atoms with Gasteiger partial charge in [0.05, 0.1) is 13.2 Å². The number of hydrogen-bond donors (Lipinski definition) is 0.